The number of hydrogen-bond acceptors (Lipinski definition) is 6. The lowest BCUT2D eigenvalue weighted by Crippen LogP contribution is -2.38. The van der Waals surface area contributed by atoms with Crippen LogP contribution in [0.15, 0.2) is 53.5 Å². The van der Waals surface area contributed by atoms with E-state index < -0.39 is 5.91 Å². The molecule has 2 heterocycles. The Morgan fingerprint density at radius 1 is 1.16 bits per heavy atom. The third-order valence-corrected chi connectivity index (χ3v) is 5.01. The molecular formula is C22H23N5O4. The number of carbonyl (C=O) groups excluding carboxylic acids is 3. The van der Waals surface area contributed by atoms with Gasteiger partial charge >= 0.3 is 0 Å². The summed E-state index contributed by atoms with van der Waals surface area (Å²) in [5.74, 6) is 0.452. The van der Waals surface area contributed by atoms with Crippen molar-refractivity contribution in [2.75, 3.05) is 24.6 Å². The van der Waals surface area contributed by atoms with E-state index in [1.807, 2.05) is 29.2 Å². The zero-order valence-corrected chi connectivity index (χ0v) is 16.9. The van der Waals surface area contributed by atoms with Crippen LogP contribution in [0.1, 0.15) is 18.4 Å². The average Bonchev–Trinajstić information content (AvgIpc) is 3.12. The number of nitrogens with two attached hydrogens (primary N) is 1. The lowest BCUT2D eigenvalue weighted by atomic mass is 10.1. The van der Waals surface area contributed by atoms with Gasteiger partial charge in [-0.3, -0.25) is 19.7 Å². The minimum absolute atomic E-state index is 0.0615. The number of guanidine groups is 1. The van der Waals surface area contributed by atoms with E-state index in [0.29, 0.717) is 43.5 Å². The molecular weight excluding hydrogens is 398 g/mol. The first-order valence-electron chi connectivity index (χ1n) is 10.0. The zero-order chi connectivity index (χ0) is 21.8. The van der Waals surface area contributed by atoms with Crippen molar-refractivity contribution >= 4 is 35.1 Å². The number of rotatable bonds is 8. The fourth-order valence-corrected chi connectivity index (χ4v) is 3.56. The van der Waals surface area contributed by atoms with Gasteiger partial charge in [0.05, 0.1) is 12.3 Å². The number of hydrogen-bond donors (Lipinski definition) is 2. The van der Waals surface area contributed by atoms with E-state index in [4.69, 9.17) is 10.5 Å². The molecule has 160 valence electrons. The van der Waals surface area contributed by atoms with Crippen molar-refractivity contribution in [3.63, 3.8) is 0 Å². The number of benzene rings is 2. The normalized spacial score (nSPS) is 14.3. The van der Waals surface area contributed by atoms with Gasteiger partial charge in [-0.1, -0.05) is 18.2 Å². The van der Waals surface area contributed by atoms with Crippen LogP contribution >= 0.6 is 0 Å². The Morgan fingerprint density at radius 3 is 2.74 bits per heavy atom. The van der Waals surface area contributed by atoms with Gasteiger partial charge in [-0.05, 0) is 36.8 Å². The van der Waals surface area contributed by atoms with E-state index in [1.54, 1.807) is 24.3 Å². The van der Waals surface area contributed by atoms with Gasteiger partial charge in [-0.2, -0.15) is 0 Å². The van der Waals surface area contributed by atoms with Crippen LogP contribution in [0, 0.1) is 0 Å². The molecule has 31 heavy (non-hydrogen) atoms. The molecule has 2 aliphatic rings. The second-order valence-electron chi connectivity index (χ2n) is 7.36. The van der Waals surface area contributed by atoms with Crippen LogP contribution in [0.2, 0.25) is 0 Å². The van der Waals surface area contributed by atoms with E-state index in [2.05, 4.69) is 10.3 Å². The van der Waals surface area contributed by atoms with E-state index >= 15 is 0 Å². The third kappa shape index (κ3) is 4.82. The quantitative estimate of drug-likeness (QED) is 0.623. The molecule has 9 nitrogen and oxygen atoms in total. The highest BCUT2D eigenvalue weighted by atomic mass is 16.5. The monoisotopic (exact) mass is 421 g/mol. The minimum atomic E-state index is -0.566. The minimum Gasteiger partial charge on any atom is -0.494 e. The maximum atomic E-state index is 12.6. The number of fused-ring (bicyclic) bond motifs is 2. The van der Waals surface area contributed by atoms with E-state index in [1.165, 1.54) is 4.90 Å². The highest BCUT2D eigenvalue weighted by Crippen LogP contribution is 2.30. The Labute approximate surface area is 179 Å². The molecule has 0 unspecified atom stereocenters. The van der Waals surface area contributed by atoms with Crippen LogP contribution < -0.4 is 20.7 Å². The van der Waals surface area contributed by atoms with Crippen molar-refractivity contribution in [3.8, 4) is 5.75 Å². The Hall–Kier alpha value is -3.88. The molecule has 4 rings (SSSR count). The molecule has 1 saturated heterocycles. The first-order valence-corrected chi connectivity index (χ1v) is 10.0. The number of anilines is 1. The molecule has 2 aromatic carbocycles. The molecule has 0 saturated carbocycles. The van der Waals surface area contributed by atoms with Gasteiger partial charge in [0.2, 0.25) is 23.7 Å². The van der Waals surface area contributed by atoms with Gasteiger partial charge in [-0.15, -0.1) is 0 Å². The van der Waals surface area contributed by atoms with Crippen molar-refractivity contribution in [2.45, 2.75) is 19.4 Å². The molecule has 1 fully saturated rings. The smallest absolute Gasteiger partial charge is 0.246 e. The summed E-state index contributed by atoms with van der Waals surface area (Å²) in [5.41, 5.74) is 7.72. The van der Waals surface area contributed by atoms with E-state index in [9.17, 15) is 14.4 Å². The highest BCUT2D eigenvalue weighted by Gasteiger charge is 2.29. The molecule has 9 heteroatoms. The standard InChI is InChI=1S/C22H23N5O4/c23-19(28)13-27(16-5-2-1-3-6-16)21(30)7-4-10-31-17-8-9-18-15(11-17)12-26-14-20(29)25-22(26)24-18/h1-3,5-6,8-9,11H,4,7,10,12-14H2,(H2,23,28)(H,24,25,29). The zero-order valence-electron chi connectivity index (χ0n) is 16.9. The lowest BCUT2D eigenvalue weighted by Gasteiger charge is -2.23. The average molecular weight is 421 g/mol. The lowest BCUT2D eigenvalue weighted by molar-refractivity contribution is -0.122. The summed E-state index contributed by atoms with van der Waals surface area (Å²) in [4.78, 5) is 43.3. The number of primary amides is 1. The van der Waals surface area contributed by atoms with Gasteiger partial charge in [-0.25, -0.2) is 4.99 Å². The van der Waals surface area contributed by atoms with E-state index in [0.717, 1.165) is 11.3 Å². The fourth-order valence-electron chi connectivity index (χ4n) is 3.56. The molecule has 0 radical (unpaired) electrons. The van der Waals surface area contributed by atoms with Crippen LogP contribution in [0.5, 0.6) is 5.75 Å². The number of nitrogens with one attached hydrogen (secondary N) is 1. The predicted molar refractivity (Wildman–Crippen MR) is 115 cm³/mol. The van der Waals surface area contributed by atoms with Crippen molar-refractivity contribution < 1.29 is 19.1 Å². The molecule has 0 atom stereocenters. The van der Waals surface area contributed by atoms with Crippen molar-refractivity contribution in [1.29, 1.82) is 0 Å². The fraction of sp³-hybridized carbons (Fsp3) is 0.273. The summed E-state index contributed by atoms with van der Waals surface area (Å²) in [6, 6.07) is 14.6. The summed E-state index contributed by atoms with van der Waals surface area (Å²) in [6.07, 6.45) is 0.715. The Balaban J connectivity index is 1.31. The maximum absolute atomic E-state index is 12.6. The van der Waals surface area contributed by atoms with Crippen molar-refractivity contribution in [1.82, 2.24) is 10.2 Å². The largest absolute Gasteiger partial charge is 0.494 e. The number of amides is 3. The molecule has 2 aromatic rings. The number of ether oxygens (including phenoxy) is 1. The van der Waals surface area contributed by atoms with E-state index in [-0.39, 0.29) is 24.8 Å². The molecule has 0 bridgehead atoms. The Kier molecular flexibility index (Phi) is 5.83. The number of para-hydroxylation sites is 1. The van der Waals surface area contributed by atoms with Crippen LogP contribution in [0.3, 0.4) is 0 Å². The molecule has 2 aliphatic heterocycles. The summed E-state index contributed by atoms with van der Waals surface area (Å²) < 4.78 is 5.81. The highest BCUT2D eigenvalue weighted by molar-refractivity contribution is 6.05. The molecule has 3 N–H and O–H groups in total. The van der Waals surface area contributed by atoms with Gasteiger partial charge in [0.1, 0.15) is 18.8 Å². The van der Waals surface area contributed by atoms with Crippen LogP contribution in [-0.2, 0) is 20.9 Å². The van der Waals surface area contributed by atoms with Gasteiger partial charge in [0, 0.05) is 24.2 Å². The second-order valence-corrected chi connectivity index (χ2v) is 7.36. The van der Waals surface area contributed by atoms with Crippen molar-refractivity contribution in [2.24, 2.45) is 10.7 Å². The van der Waals surface area contributed by atoms with Crippen LogP contribution in [-0.4, -0.2) is 48.3 Å². The van der Waals surface area contributed by atoms with Gasteiger partial charge in [0.25, 0.3) is 0 Å². The van der Waals surface area contributed by atoms with Crippen LogP contribution in [0.25, 0.3) is 0 Å². The summed E-state index contributed by atoms with van der Waals surface area (Å²) in [7, 11) is 0. The topological polar surface area (TPSA) is 117 Å². The summed E-state index contributed by atoms with van der Waals surface area (Å²) in [6.45, 7) is 1.07. The Morgan fingerprint density at radius 2 is 1.97 bits per heavy atom. The molecule has 3 amide bonds. The first-order chi connectivity index (χ1) is 15.0. The van der Waals surface area contributed by atoms with Gasteiger partial charge < -0.3 is 20.3 Å². The maximum Gasteiger partial charge on any atom is 0.246 e. The predicted octanol–water partition coefficient (Wildman–Crippen LogP) is 1.30. The SMILES string of the molecule is NC(=O)CN(C(=O)CCCOc1ccc2c(c1)CN1CC(=O)NC1=N2)c1ccccc1. The Bertz CT molecular complexity index is 1040. The summed E-state index contributed by atoms with van der Waals surface area (Å²) in [5, 5.41) is 2.74. The first kappa shape index (κ1) is 20.4. The molecule has 0 spiro atoms. The number of nitrogens with zero attached hydrogens (tertiary/aromatic N) is 3. The van der Waals surface area contributed by atoms with Gasteiger partial charge in [0.15, 0.2) is 0 Å². The molecule has 0 aromatic heterocycles. The second kappa shape index (κ2) is 8.86. The third-order valence-electron chi connectivity index (χ3n) is 5.01. The van der Waals surface area contributed by atoms with Crippen molar-refractivity contribution in [3.05, 3.63) is 54.1 Å². The number of carbonyl (C=O) groups is 3. The summed E-state index contributed by atoms with van der Waals surface area (Å²) >= 11 is 0. The number of aliphatic imine (C=N–C) groups is 1. The molecule has 0 aliphatic carbocycles. The van der Waals surface area contributed by atoms with Crippen LogP contribution in [0.4, 0.5) is 11.4 Å².